The summed E-state index contributed by atoms with van der Waals surface area (Å²) in [6.07, 6.45) is 6.87. The summed E-state index contributed by atoms with van der Waals surface area (Å²) in [5.74, 6) is 1.12. The first-order valence-electron chi connectivity index (χ1n) is 8.05. The van der Waals surface area contributed by atoms with E-state index in [1.165, 1.54) is 19.0 Å². The number of hydrogen-bond acceptors (Lipinski definition) is 5. The average Bonchev–Trinajstić information content (AvgIpc) is 3.34. The highest BCUT2D eigenvalue weighted by Crippen LogP contribution is 2.33. The number of aliphatic imine (C=N–C) groups is 1. The van der Waals surface area contributed by atoms with Gasteiger partial charge < -0.3 is 15.7 Å². The third kappa shape index (κ3) is 6.08. The highest BCUT2D eigenvalue weighted by molar-refractivity contribution is 5.94. The van der Waals surface area contributed by atoms with Crippen molar-refractivity contribution in [3.63, 3.8) is 0 Å². The van der Waals surface area contributed by atoms with Gasteiger partial charge in [0.25, 0.3) is 5.91 Å². The fraction of sp³-hybridized carbons (Fsp3) is 0.588. The monoisotopic (exact) mass is 318 g/mol. The van der Waals surface area contributed by atoms with Crippen LogP contribution in [-0.4, -0.2) is 47.4 Å². The van der Waals surface area contributed by atoms with Gasteiger partial charge in [-0.1, -0.05) is 0 Å². The molecule has 0 spiro atoms. The van der Waals surface area contributed by atoms with E-state index in [1.54, 1.807) is 26.0 Å². The number of pyridine rings is 1. The predicted octanol–water partition coefficient (Wildman–Crippen LogP) is 1.67. The summed E-state index contributed by atoms with van der Waals surface area (Å²) in [4.78, 5) is 20.4. The van der Waals surface area contributed by atoms with Crippen LogP contribution in [0.1, 0.15) is 43.5 Å². The van der Waals surface area contributed by atoms with Crippen LogP contribution >= 0.6 is 0 Å². The molecule has 23 heavy (non-hydrogen) atoms. The Bertz CT molecular complexity index is 545. The minimum absolute atomic E-state index is 0.193. The van der Waals surface area contributed by atoms with Crippen LogP contribution in [0.25, 0.3) is 0 Å². The normalized spacial score (nSPS) is 16.5. The zero-order valence-electron chi connectivity index (χ0n) is 14.0. The van der Waals surface area contributed by atoms with E-state index in [0.29, 0.717) is 17.4 Å². The summed E-state index contributed by atoms with van der Waals surface area (Å²) in [5, 5.41) is 15.6. The average molecular weight is 318 g/mol. The van der Waals surface area contributed by atoms with Crippen molar-refractivity contribution in [2.45, 2.75) is 44.8 Å². The minimum atomic E-state index is -0.932. The highest BCUT2D eigenvalue weighted by atomic mass is 16.3. The molecule has 1 aromatic rings. The van der Waals surface area contributed by atoms with Crippen LogP contribution in [0.2, 0.25) is 0 Å². The molecule has 1 fully saturated rings. The summed E-state index contributed by atoms with van der Waals surface area (Å²) >= 11 is 0. The van der Waals surface area contributed by atoms with Gasteiger partial charge in [-0.15, -0.1) is 0 Å². The number of hydrogen-bond donors (Lipinski definition) is 3. The molecule has 1 heterocycles. The van der Waals surface area contributed by atoms with E-state index in [-0.39, 0.29) is 12.5 Å². The molecule has 0 radical (unpaired) electrons. The van der Waals surface area contributed by atoms with E-state index in [1.807, 2.05) is 13.3 Å². The lowest BCUT2D eigenvalue weighted by Gasteiger charge is -2.17. The second kappa shape index (κ2) is 7.66. The van der Waals surface area contributed by atoms with Crippen molar-refractivity contribution in [2.75, 3.05) is 13.6 Å². The van der Waals surface area contributed by atoms with Crippen molar-refractivity contribution >= 4 is 17.9 Å². The van der Waals surface area contributed by atoms with E-state index in [2.05, 4.69) is 20.6 Å². The van der Waals surface area contributed by atoms with Gasteiger partial charge in [0.2, 0.25) is 0 Å². The number of nitrogens with zero attached hydrogens (tertiary/aromatic N) is 2. The first-order chi connectivity index (χ1) is 10.9. The minimum Gasteiger partial charge on any atom is -0.389 e. The topological polar surface area (TPSA) is 86.6 Å². The Hall–Kier alpha value is -1.79. The third-order valence-corrected chi connectivity index (χ3v) is 3.84. The van der Waals surface area contributed by atoms with Gasteiger partial charge in [-0.25, -0.2) is 9.98 Å². The zero-order chi connectivity index (χ0) is 16.9. The van der Waals surface area contributed by atoms with Gasteiger partial charge in [0.15, 0.2) is 5.82 Å². The standard InChI is InChI=1S/C17H26N4O2/c1-17(2,23)11-21-16(22)13-6-7-15(20-10-13)19-9-8-14(18-3)12-4-5-12/h6-7,9-10,12,14,18,23H,4-5,8,11H2,1-3H3,(H,21,22). The van der Waals surface area contributed by atoms with Gasteiger partial charge in [-0.05, 0) is 58.2 Å². The quantitative estimate of drug-likeness (QED) is 0.636. The largest absolute Gasteiger partial charge is 0.389 e. The Kier molecular flexibility index (Phi) is 5.85. The van der Waals surface area contributed by atoms with Crippen LogP contribution < -0.4 is 10.6 Å². The van der Waals surface area contributed by atoms with Crippen molar-refractivity contribution in [1.29, 1.82) is 0 Å². The smallest absolute Gasteiger partial charge is 0.252 e. The molecule has 6 nitrogen and oxygen atoms in total. The SMILES string of the molecule is CNC(CC=Nc1ccc(C(=O)NCC(C)(C)O)cn1)C1CC1. The molecule has 1 aliphatic carbocycles. The number of amides is 1. The Morgan fingerprint density at radius 1 is 1.52 bits per heavy atom. The molecule has 6 heteroatoms. The maximum absolute atomic E-state index is 11.9. The van der Waals surface area contributed by atoms with Crippen LogP contribution in [0.4, 0.5) is 5.82 Å². The Balaban J connectivity index is 1.85. The first-order valence-corrected chi connectivity index (χ1v) is 8.05. The summed E-state index contributed by atoms with van der Waals surface area (Å²) < 4.78 is 0. The van der Waals surface area contributed by atoms with Crippen molar-refractivity contribution in [2.24, 2.45) is 10.9 Å². The summed E-state index contributed by atoms with van der Waals surface area (Å²) in [7, 11) is 1.98. The summed E-state index contributed by atoms with van der Waals surface area (Å²) in [6.45, 7) is 3.48. The molecule has 1 aliphatic rings. The molecular formula is C17H26N4O2. The fourth-order valence-electron chi connectivity index (χ4n) is 2.30. The molecule has 1 saturated carbocycles. The molecule has 0 saturated heterocycles. The molecule has 126 valence electrons. The molecule has 0 aromatic carbocycles. The second-order valence-corrected chi connectivity index (χ2v) is 6.68. The van der Waals surface area contributed by atoms with Crippen LogP contribution in [-0.2, 0) is 0 Å². The molecular weight excluding hydrogens is 292 g/mol. The summed E-state index contributed by atoms with van der Waals surface area (Å²) in [6, 6.07) is 3.90. The number of nitrogens with one attached hydrogen (secondary N) is 2. The van der Waals surface area contributed by atoms with Gasteiger partial charge in [0, 0.05) is 25.0 Å². The predicted molar refractivity (Wildman–Crippen MR) is 91.2 cm³/mol. The lowest BCUT2D eigenvalue weighted by atomic mass is 10.1. The molecule has 1 atom stereocenters. The van der Waals surface area contributed by atoms with Crippen molar-refractivity contribution in [3.8, 4) is 0 Å². The van der Waals surface area contributed by atoms with E-state index in [9.17, 15) is 9.90 Å². The maximum atomic E-state index is 11.9. The van der Waals surface area contributed by atoms with Crippen molar-refractivity contribution in [3.05, 3.63) is 23.9 Å². The lowest BCUT2D eigenvalue weighted by molar-refractivity contribution is 0.0694. The number of carbonyl (C=O) groups is 1. The molecule has 1 amide bonds. The zero-order valence-corrected chi connectivity index (χ0v) is 14.0. The molecule has 2 rings (SSSR count). The van der Waals surface area contributed by atoms with Crippen LogP contribution in [0.3, 0.4) is 0 Å². The van der Waals surface area contributed by atoms with Gasteiger partial charge in [-0.3, -0.25) is 4.79 Å². The van der Waals surface area contributed by atoms with Crippen LogP contribution in [0.5, 0.6) is 0 Å². The van der Waals surface area contributed by atoms with Gasteiger partial charge in [0.1, 0.15) is 0 Å². The van der Waals surface area contributed by atoms with Gasteiger partial charge >= 0.3 is 0 Å². The maximum Gasteiger partial charge on any atom is 0.252 e. The fourth-order valence-corrected chi connectivity index (χ4v) is 2.30. The summed E-state index contributed by atoms with van der Waals surface area (Å²) in [5.41, 5.74) is -0.474. The molecule has 0 bridgehead atoms. The van der Waals surface area contributed by atoms with Gasteiger partial charge in [0.05, 0.1) is 11.2 Å². The lowest BCUT2D eigenvalue weighted by Crippen LogP contribution is -2.38. The number of aliphatic hydroxyl groups is 1. The Labute approximate surface area is 137 Å². The van der Waals surface area contributed by atoms with Crippen molar-refractivity contribution < 1.29 is 9.90 Å². The molecule has 0 aliphatic heterocycles. The number of carbonyl (C=O) groups excluding carboxylic acids is 1. The van der Waals surface area contributed by atoms with E-state index < -0.39 is 5.60 Å². The molecule has 1 unspecified atom stereocenters. The number of aromatic nitrogens is 1. The Morgan fingerprint density at radius 3 is 2.78 bits per heavy atom. The van der Waals surface area contributed by atoms with Crippen molar-refractivity contribution in [1.82, 2.24) is 15.6 Å². The van der Waals surface area contributed by atoms with Gasteiger partial charge in [-0.2, -0.15) is 0 Å². The molecule has 3 N–H and O–H groups in total. The third-order valence-electron chi connectivity index (χ3n) is 3.84. The first kappa shape index (κ1) is 17.6. The highest BCUT2D eigenvalue weighted by Gasteiger charge is 2.29. The van der Waals surface area contributed by atoms with Crippen LogP contribution in [0.15, 0.2) is 23.3 Å². The van der Waals surface area contributed by atoms with Crippen LogP contribution in [0, 0.1) is 5.92 Å². The van der Waals surface area contributed by atoms with E-state index in [4.69, 9.17) is 0 Å². The number of rotatable bonds is 8. The molecule has 1 aromatic heterocycles. The van der Waals surface area contributed by atoms with E-state index in [0.717, 1.165) is 12.3 Å². The Morgan fingerprint density at radius 2 is 2.26 bits per heavy atom. The van der Waals surface area contributed by atoms with E-state index >= 15 is 0 Å². The second-order valence-electron chi connectivity index (χ2n) is 6.68.